The molecule has 1 aliphatic rings. The van der Waals surface area contributed by atoms with Crippen LogP contribution in [-0.2, 0) is 4.84 Å². The molecule has 6 heteroatoms. The molecule has 0 aromatic heterocycles. The summed E-state index contributed by atoms with van der Waals surface area (Å²) in [6.07, 6.45) is 0.266. The Morgan fingerprint density at radius 3 is 2.57 bits per heavy atom. The van der Waals surface area contributed by atoms with Crippen molar-refractivity contribution in [3.63, 3.8) is 0 Å². The minimum Gasteiger partial charge on any atom is -0.409 e. The number of ether oxygens (including phenoxy) is 1. The highest BCUT2D eigenvalue weighted by Gasteiger charge is 2.30. The largest absolute Gasteiger partial charge is 0.417 e. The first-order chi connectivity index (χ1) is 14.4. The third-order valence-corrected chi connectivity index (χ3v) is 6.66. The first kappa shape index (κ1) is 20.2. The van der Waals surface area contributed by atoms with Crippen LogP contribution in [0.5, 0.6) is 5.75 Å². The van der Waals surface area contributed by atoms with Gasteiger partial charge < -0.3 is 9.57 Å². The number of nitrogens with one attached hydrogen (secondary N) is 1. The molecule has 1 aliphatic heterocycles. The topological polar surface area (TPSA) is 59.9 Å². The van der Waals surface area contributed by atoms with E-state index in [9.17, 15) is 4.79 Å². The monoisotopic (exact) mass is 418 g/mol. The molecule has 0 fully saturated rings. The van der Waals surface area contributed by atoms with Crippen LogP contribution >= 0.6 is 0 Å². The Kier molecular flexibility index (Phi) is 5.59. The number of hydrogen-bond donors (Lipinski definition) is 1. The smallest absolute Gasteiger partial charge is 0.409 e. The summed E-state index contributed by atoms with van der Waals surface area (Å²) in [5.74, 6) is 0.484. The summed E-state index contributed by atoms with van der Waals surface area (Å²) in [4.78, 5) is 18.3. The summed E-state index contributed by atoms with van der Waals surface area (Å²) in [6, 6.07) is 22.1. The molecule has 1 atom stereocenters. The first-order valence-corrected chi connectivity index (χ1v) is 13.9. The molecule has 0 bridgehead atoms. The average Bonchev–Trinajstić information content (AvgIpc) is 3.14. The van der Waals surface area contributed by atoms with Gasteiger partial charge in [0.25, 0.3) is 0 Å². The van der Waals surface area contributed by atoms with Gasteiger partial charge in [0.1, 0.15) is 11.9 Å². The number of oxime groups is 1. The second-order valence-electron chi connectivity index (χ2n) is 8.77. The Morgan fingerprint density at radius 2 is 1.80 bits per heavy atom. The number of anilines is 1. The average molecular weight is 419 g/mol. The molecular formula is C24H26N2O3Si. The number of fused-ring (bicyclic) bond motifs is 1. The third kappa shape index (κ3) is 4.71. The zero-order valence-corrected chi connectivity index (χ0v) is 18.5. The van der Waals surface area contributed by atoms with Gasteiger partial charge in [-0.3, -0.25) is 5.32 Å². The molecule has 30 heavy (non-hydrogen) atoms. The molecule has 154 valence electrons. The fourth-order valence-corrected chi connectivity index (χ4v) is 5.35. The summed E-state index contributed by atoms with van der Waals surface area (Å²) < 4.78 is 5.73. The molecule has 1 unspecified atom stereocenters. The Bertz CT molecular complexity index is 1090. The molecule has 1 N–H and O–H groups in total. The zero-order chi connectivity index (χ0) is 21.1. The Hall–Kier alpha value is -3.12. The first-order valence-electron chi connectivity index (χ1n) is 10.2. The predicted octanol–water partition coefficient (Wildman–Crippen LogP) is 6.28. The molecule has 0 saturated heterocycles. The molecule has 0 aliphatic carbocycles. The lowest BCUT2D eigenvalue weighted by Crippen LogP contribution is -2.27. The predicted molar refractivity (Wildman–Crippen MR) is 124 cm³/mol. The highest BCUT2D eigenvalue weighted by atomic mass is 28.3. The molecule has 5 nitrogen and oxygen atoms in total. The molecule has 1 amide bonds. The standard InChI is InChI=1S/C24H26N2O3Si/c1-30(2,3)16-19-15-21(26-29-19)23-20-12-8-7-9-17(20)13-14-22(23)28-24(27)25-18-10-5-4-6-11-18/h4-14,19H,15-16H2,1-3H3,(H,25,27). The lowest BCUT2D eigenvalue weighted by atomic mass is 9.97. The normalized spacial score (nSPS) is 16.1. The van der Waals surface area contributed by atoms with Crippen molar-refractivity contribution in [2.75, 3.05) is 5.32 Å². The number of carbonyl (C=O) groups excluding carboxylic acids is 1. The van der Waals surface area contributed by atoms with Gasteiger partial charge in [-0.05, 0) is 35.0 Å². The molecular weight excluding hydrogens is 392 g/mol. The third-order valence-electron chi connectivity index (χ3n) is 4.98. The number of nitrogens with zero attached hydrogens (tertiary/aromatic N) is 1. The van der Waals surface area contributed by atoms with E-state index in [1.54, 1.807) is 0 Å². The van der Waals surface area contributed by atoms with Gasteiger partial charge in [0.15, 0.2) is 0 Å². The molecule has 3 aromatic carbocycles. The van der Waals surface area contributed by atoms with Crippen molar-refractivity contribution in [2.45, 2.75) is 38.2 Å². The number of para-hydroxylation sites is 1. The lowest BCUT2D eigenvalue weighted by molar-refractivity contribution is 0.0985. The number of benzene rings is 3. The van der Waals surface area contributed by atoms with Crippen molar-refractivity contribution >= 4 is 36.3 Å². The van der Waals surface area contributed by atoms with Gasteiger partial charge in [0.2, 0.25) is 0 Å². The van der Waals surface area contributed by atoms with Crippen LogP contribution in [0.2, 0.25) is 25.7 Å². The molecule has 0 spiro atoms. The Labute approximate surface area is 177 Å². The summed E-state index contributed by atoms with van der Waals surface area (Å²) in [5.41, 5.74) is 2.34. The molecule has 1 heterocycles. The fraction of sp³-hybridized carbons (Fsp3) is 0.250. The molecule has 0 saturated carbocycles. The second kappa shape index (κ2) is 8.32. The van der Waals surface area contributed by atoms with E-state index < -0.39 is 14.2 Å². The van der Waals surface area contributed by atoms with E-state index in [4.69, 9.17) is 9.57 Å². The van der Waals surface area contributed by atoms with Gasteiger partial charge in [-0.15, -0.1) is 0 Å². The van der Waals surface area contributed by atoms with Gasteiger partial charge in [0.05, 0.1) is 11.3 Å². The fourth-order valence-electron chi connectivity index (χ4n) is 3.77. The van der Waals surface area contributed by atoms with Crippen LogP contribution in [0.25, 0.3) is 10.8 Å². The van der Waals surface area contributed by atoms with E-state index in [1.165, 1.54) is 0 Å². The lowest BCUT2D eigenvalue weighted by Gasteiger charge is -2.19. The van der Waals surface area contributed by atoms with E-state index in [-0.39, 0.29) is 6.10 Å². The van der Waals surface area contributed by atoms with Crippen molar-refractivity contribution < 1.29 is 14.4 Å². The van der Waals surface area contributed by atoms with Crippen molar-refractivity contribution in [1.29, 1.82) is 0 Å². The maximum Gasteiger partial charge on any atom is 0.417 e. The van der Waals surface area contributed by atoms with E-state index in [0.29, 0.717) is 11.4 Å². The van der Waals surface area contributed by atoms with Crippen LogP contribution in [0, 0.1) is 0 Å². The SMILES string of the molecule is C[Si](C)(C)CC1CC(c2c(OC(=O)Nc3ccccc3)ccc3ccccc23)=NO1. The second-order valence-corrected chi connectivity index (χ2v) is 14.3. The van der Waals surface area contributed by atoms with Crippen LogP contribution in [0.4, 0.5) is 10.5 Å². The molecule has 3 aromatic rings. The van der Waals surface area contributed by atoms with Crippen LogP contribution in [0.15, 0.2) is 71.9 Å². The maximum absolute atomic E-state index is 12.5. The van der Waals surface area contributed by atoms with Crippen LogP contribution in [0.1, 0.15) is 12.0 Å². The minimum absolute atomic E-state index is 0.0802. The summed E-state index contributed by atoms with van der Waals surface area (Å²) in [7, 11) is -1.28. The summed E-state index contributed by atoms with van der Waals surface area (Å²) in [6.45, 7) is 6.98. The van der Waals surface area contributed by atoms with E-state index in [1.807, 2.05) is 66.7 Å². The van der Waals surface area contributed by atoms with Gasteiger partial charge in [-0.25, -0.2) is 4.79 Å². The number of amides is 1. The summed E-state index contributed by atoms with van der Waals surface area (Å²) in [5, 5.41) is 9.24. The minimum atomic E-state index is -1.28. The Morgan fingerprint density at radius 1 is 1.07 bits per heavy atom. The Balaban J connectivity index is 1.63. The van der Waals surface area contributed by atoms with Crippen LogP contribution in [-0.4, -0.2) is 26.0 Å². The highest BCUT2D eigenvalue weighted by Crippen LogP contribution is 2.34. The van der Waals surface area contributed by atoms with Gasteiger partial charge in [-0.2, -0.15) is 0 Å². The van der Waals surface area contributed by atoms with Crippen molar-refractivity contribution in [3.8, 4) is 5.75 Å². The van der Waals surface area contributed by atoms with E-state index >= 15 is 0 Å². The van der Waals surface area contributed by atoms with Crippen molar-refractivity contribution in [1.82, 2.24) is 0 Å². The highest BCUT2D eigenvalue weighted by molar-refractivity contribution is 6.76. The van der Waals surface area contributed by atoms with Gasteiger partial charge in [-0.1, -0.05) is 73.3 Å². The van der Waals surface area contributed by atoms with Crippen molar-refractivity contribution in [3.05, 3.63) is 72.3 Å². The van der Waals surface area contributed by atoms with Gasteiger partial charge >= 0.3 is 6.09 Å². The molecule has 4 rings (SSSR count). The van der Waals surface area contributed by atoms with Crippen molar-refractivity contribution in [2.24, 2.45) is 5.16 Å². The van der Waals surface area contributed by atoms with E-state index in [2.05, 4.69) is 30.1 Å². The number of rotatable bonds is 5. The zero-order valence-electron chi connectivity index (χ0n) is 17.5. The number of carbonyl (C=O) groups is 1. The quantitative estimate of drug-likeness (QED) is 0.496. The number of hydrogen-bond acceptors (Lipinski definition) is 4. The molecule has 0 radical (unpaired) electrons. The van der Waals surface area contributed by atoms with Crippen LogP contribution in [0.3, 0.4) is 0 Å². The summed E-state index contributed by atoms with van der Waals surface area (Å²) >= 11 is 0. The van der Waals surface area contributed by atoms with Crippen LogP contribution < -0.4 is 10.1 Å². The van der Waals surface area contributed by atoms with Gasteiger partial charge in [0, 0.05) is 20.2 Å². The maximum atomic E-state index is 12.5. The van der Waals surface area contributed by atoms with E-state index in [0.717, 1.165) is 34.5 Å².